The predicted molar refractivity (Wildman–Crippen MR) is 117 cm³/mol. The van der Waals surface area contributed by atoms with Gasteiger partial charge in [0.25, 0.3) is 11.6 Å². The van der Waals surface area contributed by atoms with E-state index in [1.807, 2.05) is 41.2 Å². The summed E-state index contributed by atoms with van der Waals surface area (Å²) in [6, 6.07) is 18.4. The van der Waals surface area contributed by atoms with E-state index in [0.29, 0.717) is 22.6 Å². The summed E-state index contributed by atoms with van der Waals surface area (Å²) < 4.78 is 7.50. The van der Waals surface area contributed by atoms with Crippen molar-refractivity contribution in [2.24, 2.45) is 5.10 Å². The Hall–Kier alpha value is -4.17. The van der Waals surface area contributed by atoms with Crippen LogP contribution in [0.15, 0.2) is 88.6 Å². The fraction of sp³-hybridized carbons (Fsp3) is 0. The van der Waals surface area contributed by atoms with E-state index in [1.54, 1.807) is 24.3 Å². The van der Waals surface area contributed by atoms with Crippen LogP contribution in [0.4, 0.5) is 5.69 Å². The SMILES string of the molecule is O=C(N/N=C\c1ccc(-c2ccc([N+](=O)[O-])cc2Cl)o1)c1ccccc1-n1cccc1. The second-order valence-electron chi connectivity index (χ2n) is 6.43. The molecular weight excluding hydrogens is 420 g/mol. The predicted octanol–water partition coefficient (Wildman–Crippen LogP) is 5.06. The number of aromatic nitrogens is 1. The lowest BCUT2D eigenvalue weighted by atomic mass is 10.1. The van der Waals surface area contributed by atoms with Gasteiger partial charge in [0.15, 0.2) is 0 Å². The molecule has 0 bridgehead atoms. The van der Waals surface area contributed by atoms with Crippen LogP contribution in [0, 0.1) is 10.1 Å². The van der Waals surface area contributed by atoms with E-state index in [4.69, 9.17) is 16.0 Å². The van der Waals surface area contributed by atoms with Crippen LogP contribution in [0.3, 0.4) is 0 Å². The van der Waals surface area contributed by atoms with E-state index in [0.717, 1.165) is 5.69 Å². The molecule has 1 amide bonds. The van der Waals surface area contributed by atoms with E-state index in [9.17, 15) is 14.9 Å². The smallest absolute Gasteiger partial charge is 0.273 e. The first-order valence-electron chi connectivity index (χ1n) is 9.13. The number of hydrogen-bond donors (Lipinski definition) is 1. The van der Waals surface area contributed by atoms with Crippen molar-refractivity contribution >= 4 is 29.4 Å². The topological polar surface area (TPSA) is 103 Å². The molecule has 2 aromatic heterocycles. The Labute approximate surface area is 181 Å². The fourth-order valence-corrected chi connectivity index (χ4v) is 3.25. The molecule has 0 unspecified atom stereocenters. The molecule has 0 aliphatic carbocycles. The van der Waals surface area contributed by atoms with Crippen LogP contribution in [0.2, 0.25) is 5.02 Å². The van der Waals surface area contributed by atoms with Gasteiger partial charge in [-0.05, 0) is 42.5 Å². The number of halogens is 1. The highest BCUT2D eigenvalue weighted by atomic mass is 35.5. The number of furan rings is 1. The average Bonchev–Trinajstić information content (AvgIpc) is 3.46. The Kier molecular flexibility index (Phi) is 5.63. The summed E-state index contributed by atoms with van der Waals surface area (Å²) in [5.41, 5.74) is 4.09. The van der Waals surface area contributed by atoms with Crippen LogP contribution in [-0.4, -0.2) is 21.6 Å². The third-order valence-electron chi connectivity index (χ3n) is 4.44. The summed E-state index contributed by atoms with van der Waals surface area (Å²) in [6.07, 6.45) is 5.06. The number of hydrogen-bond acceptors (Lipinski definition) is 5. The zero-order chi connectivity index (χ0) is 21.8. The van der Waals surface area contributed by atoms with Gasteiger partial charge in [0.2, 0.25) is 0 Å². The summed E-state index contributed by atoms with van der Waals surface area (Å²) in [6.45, 7) is 0. The first-order valence-corrected chi connectivity index (χ1v) is 9.50. The van der Waals surface area contributed by atoms with Gasteiger partial charge in [-0.2, -0.15) is 5.10 Å². The summed E-state index contributed by atoms with van der Waals surface area (Å²) in [7, 11) is 0. The Bertz CT molecular complexity index is 1280. The van der Waals surface area contributed by atoms with Crippen molar-refractivity contribution in [2.75, 3.05) is 0 Å². The monoisotopic (exact) mass is 434 g/mol. The van der Waals surface area contributed by atoms with Gasteiger partial charge in [0.1, 0.15) is 11.5 Å². The van der Waals surface area contributed by atoms with Crippen LogP contribution in [0.25, 0.3) is 17.0 Å². The quantitative estimate of drug-likeness (QED) is 0.260. The number of para-hydroxylation sites is 1. The van der Waals surface area contributed by atoms with Crippen molar-refractivity contribution in [2.45, 2.75) is 0 Å². The molecule has 0 fully saturated rings. The molecular formula is C22H15ClN4O4. The largest absolute Gasteiger partial charge is 0.455 e. The third-order valence-corrected chi connectivity index (χ3v) is 4.76. The third kappa shape index (κ3) is 4.39. The highest BCUT2D eigenvalue weighted by Crippen LogP contribution is 2.32. The molecule has 0 aliphatic heterocycles. The lowest BCUT2D eigenvalue weighted by Crippen LogP contribution is -2.19. The number of carbonyl (C=O) groups excluding carboxylic acids is 1. The minimum absolute atomic E-state index is 0.106. The number of nitrogens with one attached hydrogen (secondary N) is 1. The van der Waals surface area contributed by atoms with Gasteiger partial charge in [0, 0.05) is 30.1 Å². The van der Waals surface area contributed by atoms with Gasteiger partial charge in [-0.15, -0.1) is 0 Å². The van der Waals surface area contributed by atoms with E-state index in [1.165, 1.54) is 24.4 Å². The molecule has 0 saturated heterocycles. The van der Waals surface area contributed by atoms with E-state index in [-0.39, 0.29) is 16.6 Å². The van der Waals surface area contributed by atoms with Gasteiger partial charge in [-0.1, -0.05) is 23.7 Å². The van der Waals surface area contributed by atoms with Crippen molar-refractivity contribution in [3.8, 4) is 17.0 Å². The lowest BCUT2D eigenvalue weighted by molar-refractivity contribution is -0.384. The number of carbonyl (C=O) groups is 1. The minimum atomic E-state index is -0.521. The second-order valence-corrected chi connectivity index (χ2v) is 6.84. The van der Waals surface area contributed by atoms with E-state index >= 15 is 0 Å². The Morgan fingerprint density at radius 1 is 1.10 bits per heavy atom. The zero-order valence-electron chi connectivity index (χ0n) is 15.9. The molecule has 4 aromatic rings. The normalized spacial score (nSPS) is 11.0. The van der Waals surface area contributed by atoms with Crippen molar-refractivity contribution in [1.29, 1.82) is 0 Å². The zero-order valence-corrected chi connectivity index (χ0v) is 16.7. The molecule has 0 atom stereocenters. The molecule has 2 heterocycles. The second kappa shape index (κ2) is 8.68. The molecule has 31 heavy (non-hydrogen) atoms. The van der Waals surface area contributed by atoms with Crippen LogP contribution >= 0.6 is 11.6 Å². The number of nitro benzene ring substituents is 1. The first-order chi connectivity index (χ1) is 15.0. The minimum Gasteiger partial charge on any atom is -0.455 e. The van der Waals surface area contributed by atoms with Gasteiger partial charge >= 0.3 is 0 Å². The Morgan fingerprint density at radius 3 is 2.61 bits per heavy atom. The van der Waals surface area contributed by atoms with Crippen LogP contribution in [0.5, 0.6) is 0 Å². The highest BCUT2D eigenvalue weighted by molar-refractivity contribution is 6.33. The van der Waals surface area contributed by atoms with Gasteiger partial charge in [-0.3, -0.25) is 14.9 Å². The van der Waals surface area contributed by atoms with Crippen LogP contribution in [0.1, 0.15) is 16.1 Å². The first kappa shape index (κ1) is 20.1. The van der Waals surface area contributed by atoms with Crippen LogP contribution < -0.4 is 5.43 Å². The lowest BCUT2D eigenvalue weighted by Gasteiger charge is -2.08. The molecule has 0 spiro atoms. The van der Waals surface area contributed by atoms with Crippen molar-refractivity contribution < 1.29 is 14.1 Å². The Morgan fingerprint density at radius 2 is 1.87 bits per heavy atom. The Balaban J connectivity index is 1.47. The van der Waals surface area contributed by atoms with Gasteiger partial charge < -0.3 is 8.98 Å². The molecule has 0 aliphatic rings. The fourth-order valence-electron chi connectivity index (χ4n) is 2.99. The maximum atomic E-state index is 12.6. The van der Waals surface area contributed by atoms with E-state index in [2.05, 4.69) is 10.5 Å². The molecule has 1 N–H and O–H groups in total. The number of nitrogens with zero attached hydrogens (tertiary/aromatic N) is 3. The molecule has 0 saturated carbocycles. The van der Waals surface area contributed by atoms with Crippen molar-refractivity contribution in [1.82, 2.24) is 9.99 Å². The van der Waals surface area contributed by atoms with Crippen molar-refractivity contribution in [3.63, 3.8) is 0 Å². The van der Waals surface area contributed by atoms with Gasteiger partial charge in [-0.25, -0.2) is 5.43 Å². The van der Waals surface area contributed by atoms with Crippen molar-refractivity contribution in [3.05, 3.63) is 106 Å². The maximum Gasteiger partial charge on any atom is 0.273 e. The number of hydrazone groups is 1. The molecule has 9 heteroatoms. The summed E-state index contributed by atoms with van der Waals surface area (Å²) in [5, 5.41) is 15.0. The van der Waals surface area contributed by atoms with Gasteiger partial charge in [0.05, 0.1) is 27.4 Å². The standard InChI is InChI=1S/C22H15ClN4O4/c23-19-13-15(27(29)30)7-9-17(19)21-10-8-16(31-21)14-24-25-22(28)18-5-1-2-6-20(18)26-11-3-4-12-26/h1-14H,(H,25,28)/b24-14-. The number of benzene rings is 2. The number of non-ortho nitro benzene ring substituents is 1. The maximum absolute atomic E-state index is 12.6. The molecule has 0 radical (unpaired) electrons. The van der Waals surface area contributed by atoms with E-state index < -0.39 is 4.92 Å². The average molecular weight is 435 g/mol. The highest BCUT2D eigenvalue weighted by Gasteiger charge is 2.14. The molecule has 4 rings (SSSR count). The number of rotatable bonds is 6. The molecule has 8 nitrogen and oxygen atoms in total. The summed E-state index contributed by atoms with van der Waals surface area (Å²) >= 11 is 6.13. The number of nitro groups is 1. The number of amides is 1. The molecule has 2 aromatic carbocycles. The summed E-state index contributed by atoms with van der Waals surface area (Å²) in [5.74, 6) is 0.430. The summed E-state index contributed by atoms with van der Waals surface area (Å²) in [4.78, 5) is 22.9. The molecule has 154 valence electrons. The van der Waals surface area contributed by atoms with Crippen LogP contribution in [-0.2, 0) is 0 Å².